The van der Waals surface area contributed by atoms with Crippen molar-refractivity contribution in [3.05, 3.63) is 95.3 Å². The van der Waals surface area contributed by atoms with Crippen LogP contribution in [-0.2, 0) is 19.2 Å². The lowest BCUT2D eigenvalue weighted by Gasteiger charge is -2.47. The molecule has 0 aliphatic carbocycles. The summed E-state index contributed by atoms with van der Waals surface area (Å²) in [7, 11) is 0. The van der Waals surface area contributed by atoms with Gasteiger partial charge in [0.1, 0.15) is 22.9 Å². The monoisotopic (exact) mass is 637 g/mol. The predicted molar refractivity (Wildman–Crippen MR) is 168 cm³/mol. The molecule has 4 N–H and O–H groups in total. The summed E-state index contributed by atoms with van der Waals surface area (Å²) in [5.41, 5.74) is 3.17. The molecule has 0 radical (unpaired) electrons. The van der Waals surface area contributed by atoms with Gasteiger partial charge in [0.15, 0.2) is 6.61 Å². The summed E-state index contributed by atoms with van der Waals surface area (Å²) in [6, 6.07) is 18.6. The van der Waals surface area contributed by atoms with E-state index in [1.165, 1.54) is 23.9 Å². The number of aliphatic hydroxyl groups excluding tert-OH is 1. The number of aliphatic carboxylic acids is 1. The van der Waals surface area contributed by atoms with Crippen molar-refractivity contribution in [2.75, 3.05) is 23.8 Å². The van der Waals surface area contributed by atoms with Crippen LogP contribution in [0.5, 0.6) is 5.75 Å². The number of halogens is 1. The summed E-state index contributed by atoms with van der Waals surface area (Å²) >= 11 is 1.35. The third kappa shape index (κ3) is 8.61. The molecule has 1 fully saturated rings. The Morgan fingerprint density at radius 2 is 1.62 bits per heavy atom. The average molecular weight is 638 g/mol. The number of hydrogen-bond donors (Lipinski definition) is 4. The third-order valence-corrected chi connectivity index (χ3v) is 8.66. The maximum absolute atomic E-state index is 13.6. The van der Waals surface area contributed by atoms with Gasteiger partial charge >= 0.3 is 5.97 Å². The average Bonchev–Trinajstić information content (AvgIpc) is 3.01. The Hall–Kier alpha value is -4.42. The first-order valence-electron chi connectivity index (χ1n) is 14.4. The summed E-state index contributed by atoms with van der Waals surface area (Å²) < 4.78 is 19.2. The van der Waals surface area contributed by atoms with Crippen LogP contribution >= 0.6 is 11.8 Å². The molecule has 238 valence electrons. The number of carbonyl (C=O) groups is 4. The fourth-order valence-corrected chi connectivity index (χ4v) is 6.10. The van der Waals surface area contributed by atoms with Gasteiger partial charge in [-0.15, -0.1) is 11.8 Å². The van der Waals surface area contributed by atoms with Crippen LogP contribution < -0.4 is 20.3 Å². The van der Waals surface area contributed by atoms with Gasteiger partial charge in [-0.1, -0.05) is 55.8 Å². The van der Waals surface area contributed by atoms with Crippen LogP contribution in [-0.4, -0.2) is 64.1 Å². The number of nitrogens with one attached hydrogen (secondary N) is 2. The molecule has 45 heavy (non-hydrogen) atoms. The predicted octanol–water partition coefficient (Wildman–Crippen LogP) is 3.78. The lowest BCUT2D eigenvalue weighted by molar-refractivity contribution is -0.143. The largest absolute Gasteiger partial charge is 0.484 e. The Bertz CT molecular complexity index is 1500. The fraction of sp³-hybridized carbons (Fsp3) is 0.333. The number of thioether (sulfide) groups is 1. The number of carboxylic acid groups (broad SMARTS) is 1. The molecule has 1 aliphatic heterocycles. The first-order chi connectivity index (χ1) is 21.4. The van der Waals surface area contributed by atoms with Crippen LogP contribution in [0.3, 0.4) is 0 Å². The molecule has 3 aromatic carbocycles. The molecule has 3 amide bonds. The zero-order valence-corrected chi connectivity index (χ0v) is 25.9. The van der Waals surface area contributed by atoms with E-state index in [1.54, 1.807) is 55.1 Å². The summed E-state index contributed by atoms with van der Waals surface area (Å²) in [5, 5.41) is 24.2. The first kappa shape index (κ1) is 33.5. The Labute approximate surface area is 265 Å². The van der Waals surface area contributed by atoms with Crippen molar-refractivity contribution in [3.63, 3.8) is 0 Å². The molecule has 1 saturated heterocycles. The van der Waals surface area contributed by atoms with E-state index in [-0.39, 0.29) is 18.4 Å². The molecule has 0 spiro atoms. The highest BCUT2D eigenvalue weighted by atomic mass is 32.2. The summed E-state index contributed by atoms with van der Waals surface area (Å²) in [5.74, 6) is -2.58. The first-order valence-corrected chi connectivity index (χ1v) is 15.5. The molecule has 12 heteroatoms. The topological polar surface area (TPSA) is 145 Å². The number of carboxylic acids is 1. The molecule has 2 unspecified atom stereocenters. The molecule has 4 rings (SSSR count). The van der Waals surface area contributed by atoms with Crippen LogP contribution in [0.1, 0.15) is 42.7 Å². The van der Waals surface area contributed by atoms with Gasteiger partial charge in [-0.05, 0) is 60.4 Å². The smallest absolute Gasteiger partial charge is 0.326 e. The number of rotatable bonds is 14. The standard InChI is InChI=1S/C33H36FN3O7S/c1-19(2)29(33(42)43)36-27(39)16-35-28(40)17-44-25-14-8-22(9-15-25)30-31(32(41)37(30)24-12-10-23(34)11-13-24)45-18-26(38)21-6-4-20(3)5-7-21/h4-15,19,26,29-31,38H,16-18H2,1-3H3,(H,35,40)(H,36,39)(H,42,43)/t26?,29-,30?,31-/m1/s1. The van der Waals surface area contributed by atoms with Gasteiger partial charge in [-0.2, -0.15) is 0 Å². The van der Waals surface area contributed by atoms with Crippen molar-refractivity contribution < 1.29 is 38.5 Å². The summed E-state index contributed by atoms with van der Waals surface area (Å²) in [6.07, 6.45) is -0.759. The lowest BCUT2D eigenvalue weighted by atomic mass is 9.92. The van der Waals surface area contributed by atoms with Gasteiger partial charge in [0.2, 0.25) is 11.8 Å². The van der Waals surface area contributed by atoms with Gasteiger partial charge in [-0.3, -0.25) is 14.4 Å². The number of nitrogens with zero attached hydrogens (tertiary/aromatic N) is 1. The molecule has 10 nitrogen and oxygen atoms in total. The van der Waals surface area contributed by atoms with Crippen molar-refractivity contribution in [2.45, 2.75) is 44.2 Å². The minimum Gasteiger partial charge on any atom is -0.484 e. The van der Waals surface area contributed by atoms with Crippen LogP contribution in [0.15, 0.2) is 72.8 Å². The van der Waals surface area contributed by atoms with E-state index in [1.807, 2.05) is 31.2 Å². The zero-order chi connectivity index (χ0) is 32.7. The fourth-order valence-electron chi connectivity index (χ4n) is 4.80. The number of ether oxygens (including phenoxy) is 1. The van der Waals surface area contributed by atoms with E-state index < -0.39 is 53.6 Å². The number of aliphatic hydroxyl groups is 1. The Balaban J connectivity index is 1.37. The second-order valence-corrected chi connectivity index (χ2v) is 12.2. The van der Waals surface area contributed by atoms with Crippen molar-refractivity contribution in [3.8, 4) is 5.75 Å². The Morgan fingerprint density at radius 1 is 0.978 bits per heavy atom. The SMILES string of the molecule is Cc1ccc(C(O)CS[C@H]2C(=O)N(c3ccc(F)cc3)C2c2ccc(OCC(=O)NCC(=O)N[C@@H](C(=O)O)C(C)C)cc2)cc1. The zero-order valence-electron chi connectivity index (χ0n) is 25.1. The minimum atomic E-state index is -1.16. The van der Waals surface area contributed by atoms with E-state index in [0.717, 1.165) is 16.7 Å². The third-order valence-electron chi connectivity index (χ3n) is 7.33. The highest BCUT2D eigenvalue weighted by Gasteiger charge is 2.49. The maximum Gasteiger partial charge on any atom is 0.326 e. The number of aryl methyl sites for hydroxylation is 1. The van der Waals surface area contributed by atoms with Crippen molar-refractivity contribution in [1.82, 2.24) is 10.6 Å². The van der Waals surface area contributed by atoms with Crippen molar-refractivity contribution in [2.24, 2.45) is 5.92 Å². The second kappa shape index (κ2) is 15.0. The molecular formula is C33H36FN3O7S. The van der Waals surface area contributed by atoms with E-state index >= 15 is 0 Å². The molecule has 1 aliphatic rings. The van der Waals surface area contributed by atoms with Crippen LogP contribution in [0, 0.1) is 18.7 Å². The number of β-lactam (4-membered cyclic amide) rings is 1. The van der Waals surface area contributed by atoms with Gasteiger partial charge in [-0.25, -0.2) is 9.18 Å². The van der Waals surface area contributed by atoms with E-state index in [4.69, 9.17) is 4.74 Å². The minimum absolute atomic E-state index is 0.156. The Kier molecular flexibility index (Phi) is 11.2. The molecule has 0 bridgehead atoms. The molecule has 4 atom stereocenters. The lowest BCUT2D eigenvalue weighted by Crippen LogP contribution is -2.57. The summed E-state index contributed by atoms with van der Waals surface area (Å²) in [4.78, 5) is 50.4. The second-order valence-electron chi connectivity index (χ2n) is 11.1. The van der Waals surface area contributed by atoms with Crippen molar-refractivity contribution >= 4 is 41.1 Å². The molecule has 3 aromatic rings. The summed E-state index contributed by atoms with van der Waals surface area (Å²) in [6.45, 7) is 4.51. The number of amides is 3. The normalized spacial score (nSPS) is 17.3. The number of benzene rings is 3. The number of hydrogen-bond acceptors (Lipinski definition) is 7. The van der Waals surface area contributed by atoms with Gasteiger partial charge in [0, 0.05) is 11.4 Å². The van der Waals surface area contributed by atoms with Gasteiger partial charge in [0.05, 0.1) is 18.7 Å². The van der Waals surface area contributed by atoms with E-state index in [0.29, 0.717) is 17.2 Å². The van der Waals surface area contributed by atoms with E-state index in [9.17, 15) is 33.8 Å². The number of anilines is 1. The van der Waals surface area contributed by atoms with Gasteiger partial charge < -0.3 is 30.5 Å². The Morgan fingerprint density at radius 3 is 2.22 bits per heavy atom. The van der Waals surface area contributed by atoms with Crippen LogP contribution in [0.4, 0.5) is 10.1 Å². The van der Waals surface area contributed by atoms with Gasteiger partial charge in [0.25, 0.3) is 5.91 Å². The molecule has 0 saturated carbocycles. The van der Waals surface area contributed by atoms with Crippen molar-refractivity contribution in [1.29, 1.82) is 0 Å². The highest BCUT2D eigenvalue weighted by Crippen LogP contribution is 2.46. The van der Waals surface area contributed by atoms with Crippen LogP contribution in [0.25, 0.3) is 0 Å². The van der Waals surface area contributed by atoms with Crippen LogP contribution in [0.2, 0.25) is 0 Å². The number of carbonyl (C=O) groups excluding carboxylic acids is 3. The highest BCUT2D eigenvalue weighted by molar-refractivity contribution is 8.00. The van der Waals surface area contributed by atoms with E-state index in [2.05, 4.69) is 10.6 Å². The maximum atomic E-state index is 13.6. The molecular weight excluding hydrogens is 601 g/mol. The molecule has 1 heterocycles. The quantitative estimate of drug-likeness (QED) is 0.196. The molecule has 0 aromatic heterocycles.